The van der Waals surface area contributed by atoms with Gasteiger partial charge in [0.05, 0.1) is 101 Å². The molecule has 6 aromatic carbocycles. The number of nitrogens with zero attached hydrogens (tertiary/aromatic N) is 9. The largest absolute Gasteiger partial charge is 0.492 e. The number of amides is 2. The zero-order valence-electron chi connectivity index (χ0n) is 74.1. The number of Topliss-reactive ketones (excluding diaryl/α,β-unsaturated/α-hetero) is 3. The van der Waals surface area contributed by atoms with Crippen LogP contribution in [-0.2, 0) is 52.7 Å². The number of nitrogens with one attached hydrogen (secondary N) is 2. The van der Waals surface area contributed by atoms with Crippen LogP contribution in [0.5, 0.6) is 11.5 Å². The van der Waals surface area contributed by atoms with Gasteiger partial charge in [0.1, 0.15) is 36.6 Å². The van der Waals surface area contributed by atoms with E-state index in [0.29, 0.717) is 85.6 Å². The van der Waals surface area contributed by atoms with Gasteiger partial charge in [-0.1, -0.05) is 60.6 Å². The topological polar surface area (TPSA) is 422 Å². The average Bonchev–Trinajstić information content (AvgIpc) is 1.02. The van der Waals surface area contributed by atoms with E-state index in [-0.39, 0.29) is 101 Å². The highest BCUT2D eigenvalue weighted by Gasteiger charge is 2.37. The van der Waals surface area contributed by atoms with E-state index in [1.165, 1.54) is 57.0 Å². The molecule has 33 heteroatoms. The summed E-state index contributed by atoms with van der Waals surface area (Å²) in [7, 11) is 4.45. The monoisotopic (exact) mass is 1860 g/mol. The molecule has 5 heterocycles. The van der Waals surface area contributed by atoms with Gasteiger partial charge in [-0.15, -0.1) is 0 Å². The number of carbonyl (C=O) groups is 8. The second kappa shape index (κ2) is 51.7. The molecule has 1 aliphatic heterocycles. The van der Waals surface area contributed by atoms with Crippen molar-refractivity contribution in [3.05, 3.63) is 240 Å². The van der Waals surface area contributed by atoms with E-state index in [1.807, 2.05) is 119 Å². The van der Waals surface area contributed by atoms with E-state index < -0.39 is 54.6 Å². The normalized spacial score (nSPS) is 13.6. The molecule has 0 fully saturated rings. The first kappa shape index (κ1) is 103. The van der Waals surface area contributed by atoms with Gasteiger partial charge < -0.3 is 61.2 Å². The maximum absolute atomic E-state index is 14.7. The number of carbonyl (C=O) groups excluding carboxylic acids is 8. The van der Waals surface area contributed by atoms with Crippen molar-refractivity contribution in [1.29, 1.82) is 5.26 Å². The minimum Gasteiger partial charge on any atom is -0.492 e. The minimum absolute atomic E-state index is 0.0267. The summed E-state index contributed by atoms with van der Waals surface area (Å²) in [5.41, 5.74) is 30.0. The first-order valence-electron chi connectivity index (χ1n) is 41.3. The van der Waals surface area contributed by atoms with E-state index in [2.05, 4.69) is 95.1 Å². The Hall–Kier alpha value is -11.6. The van der Waals surface area contributed by atoms with Crippen molar-refractivity contribution in [3.8, 4) is 45.8 Å². The third-order valence-corrected chi connectivity index (χ3v) is 20.6. The molecular weight excluding hydrogens is 1740 g/mol. The molecule has 672 valence electrons. The van der Waals surface area contributed by atoms with Crippen LogP contribution < -0.4 is 32.0 Å². The minimum atomic E-state index is -1.22. The van der Waals surface area contributed by atoms with E-state index in [1.54, 1.807) is 90.3 Å². The lowest BCUT2D eigenvalue weighted by molar-refractivity contribution is -0.142. The van der Waals surface area contributed by atoms with Crippen LogP contribution in [0, 0.1) is 74.4 Å². The van der Waals surface area contributed by atoms with Crippen molar-refractivity contribution >= 4 is 86.1 Å². The molecule has 10 N–H and O–H groups in total. The van der Waals surface area contributed by atoms with Crippen molar-refractivity contribution in [1.82, 2.24) is 49.8 Å². The smallest absolute Gasteiger partial charge is 0.451 e. The van der Waals surface area contributed by atoms with Gasteiger partial charge in [-0.2, -0.15) is 25.7 Å². The van der Waals surface area contributed by atoms with Gasteiger partial charge in [0.25, 0.3) is 0 Å². The van der Waals surface area contributed by atoms with Gasteiger partial charge in [-0.3, -0.25) is 29.1 Å². The molecule has 4 atom stereocenters. The average molecular weight is 1860 g/mol. The number of esters is 3. The number of aromatic nitrogens is 8. The number of benzene rings is 6. The van der Waals surface area contributed by atoms with Crippen LogP contribution in [0.25, 0.3) is 28.2 Å². The van der Waals surface area contributed by atoms with Crippen molar-refractivity contribution in [2.45, 2.75) is 146 Å². The number of ether oxygens (including phenoxy) is 5. The Morgan fingerprint density at radius 2 is 1.10 bits per heavy atom. The molecule has 11 rings (SSSR count). The summed E-state index contributed by atoms with van der Waals surface area (Å²) in [4.78, 5) is 106. The zero-order chi connectivity index (χ0) is 93.0. The van der Waals surface area contributed by atoms with Gasteiger partial charge >= 0.3 is 25.0 Å². The summed E-state index contributed by atoms with van der Waals surface area (Å²) in [6, 6.07) is 30.8. The number of hydrogen-bond donors (Lipinski definition) is 7. The number of H-pyrrole nitrogens is 1. The molecule has 0 spiro atoms. The lowest BCUT2D eigenvalue weighted by atomic mass is 9.80. The van der Waals surface area contributed by atoms with Crippen LogP contribution in [0.3, 0.4) is 0 Å². The predicted octanol–water partition coefficient (Wildman–Crippen LogP) is 14.1. The molecule has 29 nitrogen and oxygen atoms in total. The fourth-order valence-electron chi connectivity index (χ4n) is 13.6. The van der Waals surface area contributed by atoms with E-state index >= 15 is 0 Å². The Bertz CT molecular complexity index is 5310. The van der Waals surface area contributed by atoms with Gasteiger partial charge in [0.15, 0.2) is 17.3 Å². The molecule has 0 unspecified atom stereocenters. The number of methoxy groups -OCH3 is 3. The molecule has 4 aromatic heterocycles. The number of fused-ring (bicyclic) bond motifs is 5. The Kier molecular flexibility index (Phi) is 42.3. The molecule has 0 saturated heterocycles. The summed E-state index contributed by atoms with van der Waals surface area (Å²) in [5, 5.41) is 48.0. The number of aromatic amines is 1. The molecule has 126 heavy (non-hydrogen) atoms. The second-order valence-electron chi connectivity index (χ2n) is 31.4. The Morgan fingerprint density at radius 3 is 1.52 bits per heavy atom. The highest BCUT2D eigenvalue weighted by molar-refractivity contribution is 9.10. The SMILES string of the molecule is Brc1cn[nH]c1.CC(C)CB(O)O.COC(=O)c1ccc(-n2cc(Br)cn2)cc1C.COC(=O)c1ccc(-n2cc(CC(C)C)cn2)cc1C.COC(=O)c1ccc(F)cc1C.Cc1cc(-n2cc(CC(C)C)cn2)ccc1C(=O)C[C@@H](CCN)C(=O)N(C)[C@@H]1C(=O)C[C@@H](C)C(=O)N[C@H](C(=O)CCC#N)Cc2ccc(OCCN)c(c2)-c2cc1ccc2OCCN. The molecule has 0 aliphatic carbocycles. The third kappa shape index (κ3) is 31.8. The molecule has 0 radical (unpaired) electrons. The number of nitrogens with two attached hydrogens (primary N) is 3. The van der Waals surface area contributed by atoms with Crippen molar-refractivity contribution in [3.63, 3.8) is 0 Å². The summed E-state index contributed by atoms with van der Waals surface area (Å²) in [5.74, 6) is -2.90. The number of likely N-dealkylation sites (N-methyl/N-ethyl adjacent to an activating group) is 1. The lowest BCUT2D eigenvalue weighted by Crippen LogP contribution is -2.46. The van der Waals surface area contributed by atoms with Crippen LogP contribution in [0.2, 0.25) is 6.32 Å². The Morgan fingerprint density at radius 1 is 0.619 bits per heavy atom. The molecular formula is C93H116BBr2FN14O15. The maximum Gasteiger partial charge on any atom is 0.451 e. The van der Waals surface area contributed by atoms with Gasteiger partial charge in [0, 0.05) is 99.1 Å². The number of halogens is 3. The van der Waals surface area contributed by atoms with Crippen LogP contribution in [-0.4, -0.2) is 176 Å². The summed E-state index contributed by atoms with van der Waals surface area (Å²) >= 11 is 6.53. The first-order valence-corrected chi connectivity index (χ1v) is 42.8. The molecule has 1 aliphatic rings. The quantitative estimate of drug-likeness (QED) is 0.0104. The van der Waals surface area contributed by atoms with Crippen molar-refractivity contribution in [2.24, 2.45) is 46.8 Å². The fraction of sp³-hybridized carbons (Fsp3) is 0.387. The number of rotatable bonds is 28. The van der Waals surface area contributed by atoms with E-state index in [0.717, 1.165) is 61.1 Å². The highest BCUT2D eigenvalue weighted by atomic mass is 79.9. The second-order valence-corrected chi connectivity index (χ2v) is 33.2. The highest BCUT2D eigenvalue weighted by Crippen LogP contribution is 2.41. The number of nitriles is 1. The van der Waals surface area contributed by atoms with Gasteiger partial charge in [-0.25, -0.2) is 32.8 Å². The van der Waals surface area contributed by atoms with Crippen molar-refractivity contribution < 1.29 is 76.5 Å². The summed E-state index contributed by atoms with van der Waals surface area (Å²) < 4.78 is 46.0. The van der Waals surface area contributed by atoms with Crippen LogP contribution in [0.4, 0.5) is 4.39 Å². The lowest BCUT2D eigenvalue weighted by Gasteiger charge is -2.32. The number of hydrogen-bond acceptors (Lipinski definition) is 23. The Balaban J connectivity index is 0.000000312. The van der Waals surface area contributed by atoms with Gasteiger partial charge in [-0.05, 0) is 257 Å². The zero-order valence-corrected chi connectivity index (χ0v) is 77.3. The van der Waals surface area contributed by atoms with Crippen LogP contribution >= 0.6 is 31.9 Å². The fourth-order valence-corrected chi connectivity index (χ4v) is 14.0. The third-order valence-electron chi connectivity index (χ3n) is 19.7. The molecule has 4 bridgehead atoms. The molecule has 10 aromatic rings. The number of aryl methyl sites for hydroxylation is 4. The number of ketones is 3. The summed E-state index contributed by atoms with van der Waals surface area (Å²) in [6.45, 7) is 22.3. The van der Waals surface area contributed by atoms with Gasteiger partial charge in [0.2, 0.25) is 11.8 Å². The van der Waals surface area contributed by atoms with E-state index in [9.17, 15) is 48.0 Å². The van der Waals surface area contributed by atoms with E-state index in [4.69, 9.17) is 46.2 Å². The van der Waals surface area contributed by atoms with Crippen molar-refractivity contribution in [2.75, 3.05) is 61.2 Å². The molecule has 2 amide bonds. The first-order chi connectivity index (χ1) is 60.0. The summed E-state index contributed by atoms with van der Waals surface area (Å²) in [6.07, 6.45) is 16.9. The maximum atomic E-state index is 14.7. The standard InChI is InChI=1S/C49H62N8O7.C16H20N2O2.C12H11BrN2O2.C9H9FO2.C4H11BO2.C3H3BrN2/c1-30(2)21-34-28-54-57(29-34)37-10-11-38(31(3)22-37)43(59)27-36(14-16-51)49(62)56(5)47-35-9-13-46(64-20-18-53)40(26-35)39-24-33(8-12-45(39)63-19-17-52)25-41(42(58)7-6-15-50)55-48(61)32(4)23-44(47)60;1-11(2)7-13-9-17-18(10-13)14-5-6-15(12(3)8-14)16(19)20-4;1-8-5-10(15-7-9(13)6-14-15)3-4-11(8)12(16)17-2;1-6-5-7(10)3-4-8(6)9(11)12-2;1-4(2)3-5(6)7;4-3-1-5-6-2-3/h8-13,22,24,26,28-30,32,36,41,47H,6-7,14,16-21,23,25,27,51-53H2,1-5H3,(H,55,61);5-6,8-11H,7H2,1-4H3;3-7H,1-2H3;3-5H,1-2H3;4,6-7H,3H2,1-2H3;1-2H,(H,5,6)/t32-,36-,41+,47+;;;;;/m1...../s1. The Labute approximate surface area is 753 Å². The predicted molar refractivity (Wildman–Crippen MR) is 488 cm³/mol. The molecule has 0 saturated carbocycles. The van der Waals surface area contributed by atoms with Crippen LogP contribution in [0.15, 0.2) is 168 Å². The van der Waals surface area contributed by atoms with Crippen LogP contribution in [0.1, 0.15) is 173 Å².